The van der Waals surface area contributed by atoms with Crippen molar-refractivity contribution in [3.05, 3.63) is 65.2 Å². The number of fused-ring (bicyclic) bond motifs is 2. The number of sulfone groups is 1. The topological polar surface area (TPSA) is 108 Å². The molecule has 1 aliphatic carbocycles. The van der Waals surface area contributed by atoms with E-state index in [1.165, 1.54) is 24.4 Å². The summed E-state index contributed by atoms with van der Waals surface area (Å²) in [6.45, 7) is 0. The minimum atomic E-state index is -4.16. The average Bonchev–Trinajstić information content (AvgIpc) is 3.41. The van der Waals surface area contributed by atoms with Crippen molar-refractivity contribution in [1.82, 2.24) is 14.5 Å². The summed E-state index contributed by atoms with van der Waals surface area (Å²) in [7, 11) is -4.16. The van der Waals surface area contributed by atoms with Crippen LogP contribution in [0.2, 0.25) is 0 Å². The first kappa shape index (κ1) is 18.7. The van der Waals surface area contributed by atoms with Crippen LogP contribution in [-0.2, 0) is 9.84 Å². The number of nitro groups is 1. The molecule has 1 aliphatic rings. The number of rotatable bonds is 4. The largest absolute Gasteiger partial charge is 0.327 e. The van der Waals surface area contributed by atoms with E-state index < -0.39 is 20.4 Å². The SMILES string of the molecule is O=[N+]([O-])c1cc2c(cc1S(=O)(=O)c1cccc3cnccc13)ncn2C1CCCC1. The maximum Gasteiger partial charge on any atom is 0.290 e. The van der Waals surface area contributed by atoms with E-state index in [4.69, 9.17) is 0 Å². The lowest BCUT2D eigenvalue weighted by atomic mass is 10.2. The van der Waals surface area contributed by atoms with Crippen molar-refractivity contribution in [2.45, 2.75) is 41.5 Å². The van der Waals surface area contributed by atoms with Crippen LogP contribution in [-0.4, -0.2) is 27.9 Å². The third-order valence-corrected chi connectivity index (χ3v) is 7.63. The normalized spacial score (nSPS) is 15.2. The molecule has 0 radical (unpaired) electrons. The minimum absolute atomic E-state index is 0.0140. The lowest BCUT2D eigenvalue weighted by Gasteiger charge is -2.13. The van der Waals surface area contributed by atoms with Crippen LogP contribution >= 0.6 is 0 Å². The number of imidazole rings is 1. The number of aromatic nitrogens is 3. The molecule has 8 nitrogen and oxygen atoms in total. The predicted octanol–water partition coefficient (Wildman–Crippen LogP) is 4.44. The summed E-state index contributed by atoms with van der Waals surface area (Å²) in [6.07, 6.45) is 8.91. The van der Waals surface area contributed by atoms with E-state index in [1.54, 1.807) is 30.7 Å². The second-order valence-corrected chi connectivity index (χ2v) is 9.40. The van der Waals surface area contributed by atoms with E-state index in [1.807, 2.05) is 4.57 Å². The molecule has 152 valence electrons. The molecular weight excluding hydrogens is 404 g/mol. The molecule has 1 saturated carbocycles. The molecule has 0 spiro atoms. The first-order valence-electron chi connectivity index (χ1n) is 9.69. The summed E-state index contributed by atoms with van der Waals surface area (Å²) in [5.41, 5.74) is 0.593. The van der Waals surface area contributed by atoms with E-state index >= 15 is 0 Å². The summed E-state index contributed by atoms with van der Waals surface area (Å²) in [5.74, 6) is 0. The molecule has 0 saturated heterocycles. The Kier molecular flexibility index (Phi) is 4.28. The number of nitrogens with zero attached hydrogens (tertiary/aromatic N) is 4. The average molecular weight is 422 g/mol. The lowest BCUT2D eigenvalue weighted by Crippen LogP contribution is -2.08. The molecular formula is C21H18N4O4S. The van der Waals surface area contributed by atoms with Crippen LogP contribution in [0.15, 0.2) is 64.9 Å². The summed E-state index contributed by atoms with van der Waals surface area (Å²) < 4.78 is 29.0. The monoisotopic (exact) mass is 422 g/mol. The molecule has 5 rings (SSSR count). The molecule has 2 aromatic heterocycles. The Hall–Kier alpha value is -3.33. The number of hydrogen-bond donors (Lipinski definition) is 0. The van der Waals surface area contributed by atoms with Gasteiger partial charge in [-0.05, 0) is 31.0 Å². The second kappa shape index (κ2) is 6.88. The van der Waals surface area contributed by atoms with Gasteiger partial charge in [0.25, 0.3) is 5.69 Å². The third-order valence-electron chi connectivity index (χ3n) is 5.79. The first-order valence-corrected chi connectivity index (χ1v) is 11.2. The van der Waals surface area contributed by atoms with Crippen molar-refractivity contribution >= 4 is 37.3 Å². The fourth-order valence-electron chi connectivity index (χ4n) is 4.32. The van der Waals surface area contributed by atoms with Crippen LogP contribution in [0.3, 0.4) is 0 Å². The van der Waals surface area contributed by atoms with Crippen LogP contribution in [0.25, 0.3) is 21.8 Å². The van der Waals surface area contributed by atoms with Gasteiger partial charge in [-0.2, -0.15) is 0 Å². The van der Waals surface area contributed by atoms with E-state index in [-0.39, 0.29) is 15.8 Å². The number of hydrogen-bond acceptors (Lipinski definition) is 6. The quantitative estimate of drug-likeness (QED) is 0.355. The standard InChI is InChI=1S/C21H18N4O4S/c26-25(27)19-11-18-17(23-13-24(18)15-5-1-2-6-15)10-21(19)30(28,29)20-7-3-4-14-12-22-9-8-16(14)20/h3-4,7-13,15H,1-2,5-6H2. The maximum atomic E-state index is 13.5. The van der Waals surface area contributed by atoms with Crippen molar-refractivity contribution < 1.29 is 13.3 Å². The molecule has 0 aliphatic heterocycles. The Labute approximate surface area is 172 Å². The first-order chi connectivity index (χ1) is 14.5. The third kappa shape index (κ3) is 2.85. The van der Waals surface area contributed by atoms with Gasteiger partial charge in [0, 0.05) is 35.3 Å². The van der Waals surface area contributed by atoms with Crippen molar-refractivity contribution in [2.75, 3.05) is 0 Å². The van der Waals surface area contributed by atoms with Crippen LogP contribution in [0, 0.1) is 10.1 Å². The Morgan fingerprint density at radius 3 is 2.67 bits per heavy atom. The molecule has 4 aromatic rings. The van der Waals surface area contributed by atoms with Gasteiger partial charge in [-0.1, -0.05) is 25.0 Å². The highest BCUT2D eigenvalue weighted by Crippen LogP contribution is 2.38. The Balaban J connectivity index is 1.75. The molecule has 30 heavy (non-hydrogen) atoms. The Morgan fingerprint density at radius 2 is 1.90 bits per heavy atom. The van der Waals surface area contributed by atoms with Crippen LogP contribution in [0.5, 0.6) is 0 Å². The fraction of sp³-hybridized carbons (Fsp3) is 0.238. The summed E-state index contributed by atoms with van der Waals surface area (Å²) >= 11 is 0. The van der Waals surface area contributed by atoms with Gasteiger partial charge in [-0.15, -0.1) is 0 Å². The molecule has 2 aromatic carbocycles. The second-order valence-electron chi connectivity index (χ2n) is 7.51. The van der Waals surface area contributed by atoms with E-state index in [2.05, 4.69) is 9.97 Å². The molecule has 9 heteroatoms. The van der Waals surface area contributed by atoms with Gasteiger partial charge in [0.15, 0.2) is 4.90 Å². The summed E-state index contributed by atoms with van der Waals surface area (Å²) in [5, 5.41) is 13.0. The van der Waals surface area contributed by atoms with Gasteiger partial charge in [0.05, 0.1) is 27.2 Å². The number of pyridine rings is 1. The van der Waals surface area contributed by atoms with Crippen LogP contribution in [0.4, 0.5) is 5.69 Å². The lowest BCUT2D eigenvalue weighted by molar-refractivity contribution is -0.387. The van der Waals surface area contributed by atoms with Gasteiger partial charge < -0.3 is 4.57 Å². The maximum absolute atomic E-state index is 13.5. The zero-order valence-corrected chi connectivity index (χ0v) is 16.7. The molecule has 1 fully saturated rings. The molecule has 0 atom stereocenters. The zero-order chi connectivity index (χ0) is 20.9. The Bertz CT molecular complexity index is 1400. The zero-order valence-electron chi connectivity index (χ0n) is 15.9. The number of benzene rings is 2. The van der Waals surface area contributed by atoms with Gasteiger partial charge in [0.2, 0.25) is 9.84 Å². The Morgan fingerprint density at radius 1 is 1.10 bits per heavy atom. The van der Waals surface area contributed by atoms with Crippen molar-refractivity contribution in [2.24, 2.45) is 0 Å². The minimum Gasteiger partial charge on any atom is -0.327 e. The molecule has 0 N–H and O–H groups in total. The van der Waals surface area contributed by atoms with Gasteiger partial charge >= 0.3 is 0 Å². The van der Waals surface area contributed by atoms with Crippen LogP contribution in [0.1, 0.15) is 31.7 Å². The van der Waals surface area contributed by atoms with Gasteiger partial charge in [-0.25, -0.2) is 13.4 Å². The summed E-state index contributed by atoms with van der Waals surface area (Å²) in [6, 6.07) is 9.33. The smallest absolute Gasteiger partial charge is 0.290 e. The molecule has 0 unspecified atom stereocenters. The van der Waals surface area contributed by atoms with Gasteiger partial charge in [-0.3, -0.25) is 15.1 Å². The number of nitro benzene ring substituents is 1. The van der Waals surface area contributed by atoms with Gasteiger partial charge in [0.1, 0.15) is 0 Å². The highest BCUT2D eigenvalue weighted by atomic mass is 32.2. The van der Waals surface area contributed by atoms with Crippen molar-refractivity contribution in [1.29, 1.82) is 0 Å². The van der Waals surface area contributed by atoms with E-state index in [0.29, 0.717) is 21.8 Å². The van der Waals surface area contributed by atoms with E-state index in [9.17, 15) is 18.5 Å². The predicted molar refractivity (Wildman–Crippen MR) is 111 cm³/mol. The van der Waals surface area contributed by atoms with E-state index in [0.717, 1.165) is 25.7 Å². The van der Waals surface area contributed by atoms with Crippen molar-refractivity contribution in [3.63, 3.8) is 0 Å². The summed E-state index contributed by atoms with van der Waals surface area (Å²) in [4.78, 5) is 19.3. The highest BCUT2D eigenvalue weighted by molar-refractivity contribution is 7.92. The van der Waals surface area contributed by atoms with Crippen LogP contribution < -0.4 is 0 Å². The fourth-order valence-corrected chi connectivity index (χ4v) is 5.97. The molecule has 0 bridgehead atoms. The highest BCUT2D eigenvalue weighted by Gasteiger charge is 2.31. The molecule has 0 amide bonds. The van der Waals surface area contributed by atoms with Crippen molar-refractivity contribution in [3.8, 4) is 0 Å². The molecule has 2 heterocycles.